The highest BCUT2D eigenvalue weighted by atomic mass is 16.2. The van der Waals surface area contributed by atoms with E-state index in [0.29, 0.717) is 6.04 Å². The van der Waals surface area contributed by atoms with E-state index in [1.165, 1.54) is 12.8 Å². The minimum Gasteiger partial charge on any atom is -0.340 e. The van der Waals surface area contributed by atoms with Crippen molar-refractivity contribution in [3.05, 3.63) is 0 Å². The third-order valence-corrected chi connectivity index (χ3v) is 3.26. The number of hydrogen-bond donors (Lipinski definition) is 0. The molecule has 1 aliphatic heterocycles. The molecule has 1 amide bonds. The molecule has 2 nitrogen and oxygen atoms in total. The number of amides is 1. The van der Waals surface area contributed by atoms with Crippen LogP contribution in [0.15, 0.2) is 0 Å². The second kappa shape index (κ2) is 4.12. The van der Waals surface area contributed by atoms with E-state index in [4.69, 9.17) is 0 Å². The maximum absolute atomic E-state index is 11.2. The van der Waals surface area contributed by atoms with Crippen LogP contribution in [0.1, 0.15) is 40.5 Å². The number of carbonyl (C=O) groups is 1. The van der Waals surface area contributed by atoms with Crippen LogP contribution in [0.25, 0.3) is 0 Å². The van der Waals surface area contributed by atoms with Crippen LogP contribution in [0.5, 0.6) is 0 Å². The Labute approximate surface area is 81.3 Å². The summed E-state index contributed by atoms with van der Waals surface area (Å²) in [7, 11) is 0. The molecule has 1 saturated heterocycles. The third-order valence-electron chi connectivity index (χ3n) is 3.26. The van der Waals surface area contributed by atoms with Gasteiger partial charge in [-0.25, -0.2) is 0 Å². The predicted molar refractivity (Wildman–Crippen MR) is 54.4 cm³/mol. The van der Waals surface area contributed by atoms with E-state index in [-0.39, 0.29) is 5.91 Å². The molecule has 1 aliphatic rings. The Bertz CT molecular complexity index is 189. The molecule has 0 spiro atoms. The number of piperidine rings is 1. The number of carbonyl (C=O) groups excluding carboxylic acids is 1. The van der Waals surface area contributed by atoms with Gasteiger partial charge in [0.25, 0.3) is 0 Å². The van der Waals surface area contributed by atoms with E-state index in [1.807, 2.05) is 4.90 Å². The van der Waals surface area contributed by atoms with Crippen molar-refractivity contribution >= 4 is 5.91 Å². The Balaban J connectivity index is 2.51. The summed E-state index contributed by atoms with van der Waals surface area (Å²) in [5.41, 5.74) is 0. The summed E-state index contributed by atoms with van der Waals surface area (Å²) in [4.78, 5) is 13.2. The van der Waals surface area contributed by atoms with E-state index in [9.17, 15) is 4.79 Å². The van der Waals surface area contributed by atoms with Gasteiger partial charge < -0.3 is 4.90 Å². The molecular weight excluding hydrogens is 162 g/mol. The van der Waals surface area contributed by atoms with Crippen molar-refractivity contribution in [2.24, 2.45) is 11.8 Å². The topological polar surface area (TPSA) is 20.3 Å². The Kier molecular flexibility index (Phi) is 3.34. The van der Waals surface area contributed by atoms with Gasteiger partial charge in [0, 0.05) is 19.5 Å². The van der Waals surface area contributed by atoms with Crippen LogP contribution in [0.4, 0.5) is 0 Å². The molecule has 0 N–H and O–H groups in total. The molecule has 0 aromatic carbocycles. The fraction of sp³-hybridized carbons (Fsp3) is 0.909. The Hall–Kier alpha value is -0.530. The van der Waals surface area contributed by atoms with Crippen LogP contribution in [0, 0.1) is 11.8 Å². The first-order chi connectivity index (χ1) is 6.02. The molecule has 0 aliphatic carbocycles. The Morgan fingerprint density at radius 3 is 2.46 bits per heavy atom. The van der Waals surface area contributed by atoms with Crippen molar-refractivity contribution in [1.29, 1.82) is 0 Å². The molecule has 1 rings (SSSR count). The van der Waals surface area contributed by atoms with Gasteiger partial charge in [-0.15, -0.1) is 0 Å². The van der Waals surface area contributed by atoms with Gasteiger partial charge in [0.05, 0.1) is 0 Å². The van der Waals surface area contributed by atoms with Crippen LogP contribution in [0.3, 0.4) is 0 Å². The number of hydrogen-bond acceptors (Lipinski definition) is 1. The highest BCUT2D eigenvalue weighted by Gasteiger charge is 2.28. The zero-order valence-electron chi connectivity index (χ0n) is 9.21. The van der Waals surface area contributed by atoms with Gasteiger partial charge >= 0.3 is 0 Å². The van der Waals surface area contributed by atoms with Crippen molar-refractivity contribution < 1.29 is 4.79 Å². The van der Waals surface area contributed by atoms with Crippen molar-refractivity contribution in [3.63, 3.8) is 0 Å². The largest absolute Gasteiger partial charge is 0.340 e. The molecule has 0 aromatic rings. The lowest BCUT2D eigenvalue weighted by molar-refractivity contribution is -0.133. The Morgan fingerprint density at radius 1 is 1.46 bits per heavy atom. The highest BCUT2D eigenvalue weighted by molar-refractivity contribution is 5.73. The lowest BCUT2D eigenvalue weighted by Crippen LogP contribution is -2.44. The first-order valence-corrected chi connectivity index (χ1v) is 5.29. The van der Waals surface area contributed by atoms with Gasteiger partial charge in [0.2, 0.25) is 5.91 Å². The van der Waals surface area contributed by atoms with Crippen LogP contribution in [-0.4, -0.2) is 23.4 Å². The van der Waals surface area contributed by atoms with E-state index in [2.05, 4.69) is 20.8 Å². The molecule has 1 heterocycles. The van der Waals surface area contributed by atoms with Crippen LogP contribution in [-0.2, 0) is 4.79 Å². The first-order valence-electron chi connectivity index (χ1n) is 5.29. The Morgan fingerprint density at radius 2 is 2.08 bits per heavy atom. The fourth-order valence-corrected chi connectivity index (χ4v) is 2.28. The number of likely N-dealkylation sites (tertiary alicyclic amines) is 1. The lowest BCUT2D eigenvalue weighted by Gasteiger charge is -2.38. The second-order valence-electron chi connectivity index (χ2n) is 4.59. The van der Waals surface area contributed by atoms with Crippen molar-refractivity contribution in [3.8, 4) is 0 Å². The summed E-state index contributed by atoms with van der Waals surface area (Å²) in [6.45, 7) is 9.35. The van der Waals surface area contributed by atoms with Crippen LogP contribution < -0.4 is 0 Å². The van der Waals surface area contributed by atoms with Gasteiger partial charge in [-0.2, -0.15) is 0 Å². The molecule has 1 fully saturated rings. The molecule has 2 atom stereocenters. The summed E-state index contributed by atoms with van der Waals surface area (Å²) in [6.07, 6.45) is 2.36. The smallest absolute Gasteiger partial charge is 0.219 e. The SMILES string of the molecule is CC(=O)N1CCC(C(C)C)C[C@@H]1C. The maximum Gasteiger partial charge on any atom is 0.219 e. The first kappa shape index (κ1) is 10.6. The lowest BCUT2D eigenvalue weighted by atomic mass is 9.83. The normalized spacial score (nSPS) is 29.5. The molecule has 13 heavy (non-hydrogen) atoms. The summed E-state index contributed by atoms with van der Waals surface area (Å²) < 4.78 is 0. The van der Waals surface area contributed by atoms with E-state index >= 15 is 0 Å². The second-order valence-corrected chi connectivity index (χ2v) is 4.59. The summed E-state index contributed by atoms with van der Waals surface area (Å²) >= 11 is 0. The van der Waals surface area contributed by atoms with Gasteiger partial charge in [-0.1, -0.05) is 13.8 Å². The van der Waals surface area contributed by atoms with Gasteiger partial charge in [-0.3, -0.25) is 4.79 Å². The number of rotatable bonds is 1. The molecular formula is C11H21NO. The van der Waals surface area contributed by atoms with E-state index in [1.54, 1.807) is 6.92 Å². The summed E-state index contributed by atoms with van der Waals surface area (Å²) in [5.74, 6) is 1.80. The standard InChI is InChI=1S/C11H21NO/c1-8(2)11-5-6-12(10(4)13)9(3)7-11/h8-9,11H,5-7H2,1-4H3/t9-,11?/m0/s1. The minimum absolute atomic E-state index is 0.231. The average Bonchev–Trinajstić information content (AvgIpc) is 2.03. The molecule has 76 valence electrons. The van der Waals surface area contributed by atoms with Gasteiger partial charge in [0.15, 0.2) is 0 Å². The predicted octanol–water partition coefficient (Wildman–Crippen LogP) is 2.29. The minimum atomic E-state index is 0.231. The molecule has 0 aromatic heterocycles. The summed E-state index contributed by atoms with van der Waals surface area (Å²) in [5, 5.41) is 0. The van der Waals surface area contributed by atoms with Gasteiger partial charge in [0.1, 0.15) is 0 Å². The third kappa shape index (κ3) is 2.45. The zero-order valence-corrected chi connectivity index (χ0v) is 9.21. The summed E-state index contributed by atoms with van der Waals surface area (Å²) in [6, 6.07) is 0.443. The maximum atomic E-state index is 11.2. The van der Waals surface area contributed by atoms with Gasteiger partial charge in [-0.05, 0) is 31.6 Å². The molecule has 2 heteroatoms. The molecule has 0 saturated carbocycles. The molecule has 0 bridgehead atoms. The average molecular weight is 183 g/mol. The van der Waals surface area contributed by atoms with Crippen LogP contribution >= 0.6 is 0 Å². The quantitative estimate of drug-likeness (QED) is 0.611. The monoisotopic (exact) mass is 183 g/mol. The van der Waals surface area contributed by atoms with Crippen molar-refractivity contribution in [1.82, 2.24) is 4.90 Å². The fourth-order valence-electron chi connectivity index (χ4n) is 2.28. The number of nitrogens with zero attached hydrogens (tertiary/aromatic N) is 1. The van der Waals surface area contributed by atoms with E-state index < -0.39 is 0 Å². The molecule has 0 radical (unpaired) electrons. The van der Waals surface area contributed by atoms with E-state index in [0.717, 1.165) is 18.4 Å². The molecule has 1 unspecified atom stereocenters. The zero-order chi connectivity index (χ0) is 10.0. The highest BCUT2D eigenvalue weighted by Crippen LogP contribution is 2.28. The van der Waals surface area contributed by atoms with Crippen LogP contribution in [0.2, 0.25) is 0 Å². The van der Waals surface area contributed by atoms with Crippen molar-refractivity contribution in [2.45, 2.75) is 46.6 Å². The van der Waals surface area contributed by atoms with Crippen molar-refractivity contribution in [2.75, 3.05) is 6.54 Å².